The summed E-state index contributed by atoms with van der Waals surface area (Å²) in [6.07, 6.45) is 1.71. The number of hydrogen-bond acceptors (Lipinski definition) is 7. The van der Waals surface area contributed by atoms with Gasteiger partial charge in [-0.1, -0.05) is 18.2 Å². The highest BCUT2D eigenvalue weighted by molar-refractivity contribution is 5.78. The van der Waals surface area contributed by atoms with E-state index in [-0.39, 0.29) is 18.3 Å². The second kappa shape index (κ2) is 9.38. The number of piperazine rings is 1. The summed E-state index contributed by atoms with van der Waals surface area (Å²) in [6, 6.07) is 13.6. The monoisotopic (exact) mass is 422 g/mol. The Bertz CT molecular complexity index is 1040. The van der Waals surface area contributed by atoms with Crippen molar-refractivity contribution in [1.82, 2.24) is 19.9 Å². The molecule has 31 heavy (non-hydrogen) atoms. The van der Waals surface area contributed by atoms with Gasteiger partial charge in [0.2, 0.25) is 0 Å². The van der Waals surface area contributed by atoms with Crippen LogP contribution < -0.4 is 15.0 Å². The molecule has 3 aromatic rings. The number of nitrogens with one attached hydrogen (secondary N) is 1. The molecule has 0 aliphatic carbocycles. The second-order valence-corrected chi connectivity index (χ2v) is 7.09. The van der Waals surface area contributed by atoms with E-state index in [1.54, 1.807) is 23.2 Å². The third-order valence-corrected chi connectivity index (χ3v) is 4.89. The Morgan fingerprint density at radius 3 is 2.58 bits per heavy atom. The smallest absolute Gasteiger partial charge is 0.260 e. The van der Waals surface area contributed by atoms with Crippen LogP contribution in [0.15, 0.2) is 54.7 Å². The van der Waals surface area contributed by atoms with E-state index in [1.807, 2.05) is 31.2 Å². The Morgan fingerprint density at radius 1 is 1.06 bits per heavy atom. The van der Waals surface area contributed by atoms with E-state index in [4.69, 9.17) is 4.74 Å². The molecule has 0 spiro atoms. The van der Waals surface area contributed by atoms with E-state index >= 15 is 0 Å². The van der Waals surface area contributed by atoms with E-state index in [0.29, 0.717) is 43.6 Å². The van der Waals surface area contributed by atoms with Crippen molar-refractivity contribution in [2.45, 2.75) is 6.92 Å². The molecule has 8 nitrogen and oxygen atoms in total. The van der Waals surface area contributed by atoms with Gasteiger partial charge in [0.05, 0.1) is 0 Å². The lowest BCUT2D eigenvalue weighted by Gasteiger charge is -2.35. The number of hydrogen-bond donors (Lipinski definition) is 1. The van der Waals surface area contributed by atoms with Crippen molar-refractivity contribution in [3.63, 3.8) is 0 Å². The summed E-state index contributed by atoms with van der Waals surface area (Å²) in [5.41, 5.74) is 0. The number of carbonyl (C=O) groups excluding carboxylic acids is 1. The minimum Gasteiger partial charge on any atom is -0.481 e. The molecule has 1 aliphatic heterocycles. The third-order valence-electron chi connectivity index (χ3n) is 4.89. The normalized spacial score (nSPS) is 13.7. The second-order valence-electron chi connectivity index (χ2n) is 7.09. The molecule has 160 valence electrons. The molecule has 0 radical (unpaired) electrons. The molecule has 1 amide bonds. The van der Waals surface area contributed by atoms with Gasteiger partial charge < -0.3 is 19.9 Å². The molecule has 1 N–H and O–H groups in total. The Labute approximate surface area is 179 Å². The molecular weight excluding hydrogens is 399 g/mol. The summed E-state index contributed by atoms with van der Waals surface area (Å²) in [7, 11) is 0. The van der Waals surface area contributed by atoms with E-state index in [2.05, 4.69) is 25.2 Å². The molecule has 1 aromatic carbocycles. The molecule has 0 bridgehead atoms. The van der Waals surface area contributed by atoms with Crippen LogP contribution in [0.5, 0.6) is 5.75 Å². The summed E-state index contributed by atoms with van der Waals surface area (Å²) >= 11 is 0. The van der Waals surface area contributed by atoms with Gasteiger partial charge >= 0.3 is 0 Å². The SMILES string of the molecule is Cc1nc(Nc2ccccn2)cc(N2CCN(C(=O)COc3ccccc3F)CC2)n1. The molecule has 4 rings (SSSR count). The average Bonchev–Trinajstić information content (AvgIpc) is 2.79. The van der Waals surface area contributed by atoms with Crippen LogP contribution in [0, 0.1) is 12.7 Å². The Kier molecular flexibility index (Phi) is 6.21. The van der Waals surface area contributed by atoms with Crippen LogP contribution >= 0.6 is 0 Å². The number of amides is 1. The number of carbonyl (C=O) groups is 1. The summed E-state index contributed by atoms with van der Waals surface area (Å²) in [5, 5.41) is 3.19. The zero-order valence-corrected chi connectivity index (χ0v) is 17.2. The van der Waals surface area contributed by atoms with E-state index in [0.717, 1.165) is 5.82 Å². The number of para-hydroxylation sites is 1. The van der Waals surface area contributed by atoms with Crippen LogP contribution in [-0.4, -0.2) is 58.5 Å². The first-order valence-corrected chi connectivity index (χ1v) is 10.0. The van der Waals surface area contributed by atoms with E-state index < -0.39 is 5.82 Å². The predicted octanol–water partition coefficient (Wildman–Crippen LogP) is 2.79. The van der Waals surface area contributed by atoms with Crippen molar-refractivity contribution < 1.29 is 13.9 Å². The average molecular weight is 422 g/mol. The number of ether oxygens (including phenoxy) is 1. The highest BCUT2D eigenvalue weighted by Crippen LogP contribution is 2.20. The van der Waals surface area contributed by atoms with Crippen LogP contribution in [0.4, 0.5) is 21.8 Å². The van der Waals surface area contributed by atoms with Crippen LogP contribution in [0.3, 0.4) is 0 Å². The van der Waals surface area contributed by atoms with Gasteiger partial charge in [-0.2, -0.15) is 0 Å². The summed E-state index contributed by atoms with van der Waals surface area (Å²) in [6.45, 7) is 3.98. The zero-order valence-electron chi connectivity index (χ0n) is 17.2. The number of aromatic nitrogens is 3. The van der Waals surface area contributed by atoms with Crippen LogP contribution in [-0.2, 0) is 4.79 Å². The molecule has 2 aromatic heterocycles. The molecule has 1 saturated heterocycles. The summed E-state index contributed by atoms with van der Waals surface area (Å²) < 4.78 is 19.0. The first kappa shape index (κ1) is 20.5. The van der Waals surface area contributed by atoms with Crippen LogP contribution in [0.25, 0.3) is 0 Å². The van der Waals surface area contributed by atoms with Gasteiger partial charge in [-0.3, -0.25) is 4.79 Å². The maximum Gasteiger partial charge on any atom is 0.260 e. The number of rotatable bonds is 6. The highest BCUT2D eigenvalue weighted by Gasteiger charge is 2.23. The van der Waals surface area contributed by atoms with Gasteiger partial charge in [0.1, 0.15) is 23.3 Å². The number of nitrogens with zero attached hydrogens (tertiary/aromatic N) is 5. The number of halogens is 1. The van der Waals surface area contributed by atoms with Gasteiger partial charge in [0.25, 0.3) is 5.91 Å². The molecule has 9 heteroatoms. The van der Waals surface area contributed by atoms with Crippen molar-refractivity contribution in [3.05, 3.63) is 66.4 Å². The minimum absolute atomic E-state index is 0.0823. The predicted molar refractivity (Wildman–Crippen MR) is 115 cm³/mol. The Hall–Kier alpha value is -3.75. The minimum atomic E-state index is -0.477. The lowest BCUT2D eigenvalue weighted by atomic mass is 10.3. The standard InChI is InChI=1S/C22H23FN6O2/c1-16-25-20(27-19-8-4-5-9-24-19)14-21(26-16)28-10-12-29(13-11-28)22(30)15-31-18-7-3-2-6-17(18)23/h2-9,14H,10-13,15H2,1H3,(H,24,25,26,27). The van der Waals surface area contributed by atoms with Gasteiger partial charge in [-0.05, 0) is 31.2 Å². The van der Waals surface area contributed by atoms with E-state index in [9.17, 15) is 9.18 Å². The van der Waals surface area contributed by atoms with Gasteiger partial charge in [-0.15, -0.1) is 0 Å². The van der Waals surface area contributed by atoms with E-state index in [1.165, 1.54) is 12.1 Å². The molecule has 1 aliphatic rings. The first-order chi connectivity index (χ1) is 15.1. The van der Waals surface area contributed by atoms with Gasteiger partial charge in [0, 0.05) is 38.4 Å². The maximum absolute atomic E-state index is 13.6. The van der Waals surface area contributed by atoms with Crippen LogP contribution in [0.1, 0.15) is 5.82 Å². The molecule has 3 heterocycles. The van der Waals surface area contributed by atoms with Crippen molar-refractivity contribution in [3.8, 4) is 5.75 Å². The highest BCUT2D eigenvalue weighted by atomic mass is 19.1. The van der Waals surface area contributed by atoms with Gasteiger partial charge in [-0.25, -0.2) is 19.3 Å². The lowest BCUT2D eigenvalue weighted by molar-refractivity contribution is -0.133. The quantitative estimate of drug-likeness (QED) is 0.654. The number of pyridine rings is 1. The first-order valence-electron chi connectivity index (χ1n) is 10.0. The fourth-order valence-electron chi connectivity index (χ4n) is 3.32. The van der Waals surface area contributed by atoms with Crippen molar-refractivity contribution >= 4 is 23.4 Å². The largest absolute Gasteiger partial charge is 0.481 e. The summed E-state index contributed by atoms with van der Waals surface area (Å²) in [5.74, 6) is 2.25. The fraction of sp³-hybridized carbons (Fsp3) is 0.273. The molecular formula is C22H23FN6O2. The molecule has 1 fully saturated rings. The Balaban J connectivity index is 1.34. The number of anilines is 3. The molecule has 0 saturated carbocycles. The number of aryl methyl sites for hydroxylation is 1. The zero-order chi connectivity index (χ0) is 21.6. The topological polar surface area (TPSA) is 83.5 Å². The number of benzene rings is 1. The maximum atomic E-state index is 13.6. The fourth-order valence-corrected chi connectivity index (χ4v) is 3.32. The lowest BCUT2D eigenvalue weighted by Crippen LogP contribution is -2.50. The Morgan fingerprint density at radius 2 is 1.84 bits per heavy atom. The molecule has 0 atom stereocenters. The summed E-state index contributed by atoms with van der Waals surface area (Å²) in [4.78, 5) is 29.5. The van der Waals surface area contributed by atoms with Crippen molar-refractivity contribution in [2.24, 2.45) is 0 Å². The third kappa shape index (κ3) is 5.25. The van der Waals surface area contributed by atoms with Crippen molar-refractivity contribution in [2.75, 3.05) is 43.0 Å². The molecule has 0 unspecified atom stereocenters. The van der Waals surface area contributed by atoms with Gasteiger partial charge in [0.15, 0.2) is 18.2 Å². The van der Waals surface area contributed by atoms with Crippen LogP contribution in [0.2, 0.25) is 0 Å². The van der Waals surface area contributed by atoms with Crippen molar-refractivity contribution in [1.29, 1.82) is 0 Å².